The summed E-state index contributed by atoms with van der Waals surface area (Å²) >= 11 is 0. The molecule has 0 heterocycles. The summed E-state index contributed by atoms with van der Waals surface area (Å²) in [6.45, 7) is 2.93. The lowest BCUT2D eigenvalue weighted by atomic mass is 10.0. The molecule has 0 aliphatic rings. The first kappa shape index (κ1) is 8.87. The molecular weight excluding hydrogens is 136 g/mol. The average molecular weight is 146 g/mol. The molecule has 0 aromatic carbocycles. The third kappa shape index (κ3) is 2.43. The van der Waals surface area contributed by atoms with E-state index in [9.17, 15) is 10.1 Å². The molecule has 0 aromatic rings. The lowest BCUT2D eigenvalue weighted by molar-refractivity contribution is -0.558. The first-order valence-corrected chi connectivity index (χ1v) is 2.81. The lowest BCUT2D eigenvalue weighted by Crippen LogP contribution is -2.30. The Kier molecular flexibility index (Phi) is 2.79. The normalized spacial score (nSPS) is 12.2. The number of oxime groups is 1. The topological polar surface area (TPSA) is 75.7 Å². The van der Waals surface area contributed by atoms with Gasteiger partial charge in [-0.25, -0.2) is 0 Å². The van der Waals surface area contributed by atoms with Crippen LogP contribution >= 0.6 is 0 Å². The van der Waals surface area contributed by atoms with Gasteiger partial charge < -0.3 is 5.21 Å². The minimum absolute atomic E-state index is 0.135. The van der Waals surface area contributed by atoms with E-state index in [1.165, 1.54) is 13.8 Å². The van der Waals surface area contributed by atoms with Crippen molar-refractivity contribution in [2.75, 3.05) is 0 Å². The number of nitro groups is 1. The van der Waals surface area contributed by atoms with Crippen LogP contribution in [0.2, 0.25) is 0 Å². The standard InChI is InChI=1S/C5H10N2O3/c1-5(2,7(9)10)3-4-6-8/h4,8H,3H2,1-2H3/b6-4-. The van der Waals surface area contributed by atoms with E-state index in [0.717, 1.165) is 6.21 Å². The van der Waals surface area contributed by atoms with Crippen LogP contribution in [0.5, 0.6) is 0 Å². The van der Waals surface area contributed by atoms with Gasteiger partial charge in [-0.2, -0.15) is 0 Å². The summed E-state index contributed by atoms with van der Waals surface area (Å²) in [5.41, 5.74) is -1.04. The number of hydrogen-bond acceptors (Lipinski definition) is 4. The molecule has 5 nitrogen and oxygen atoms in total. The molecule has 58 valence electrons. The van der Waals surface area contributed by atoms with Crippen molar-refractivity contribution in [3.8, 4) is 0 Å². The van der Waals surface area contributed by atoms with Crippen LogP contribution in [0, 0.1) is 10.1 Å². The van der Waals surface area contributed by atoms with Gasteiger partial charge in [-0.05, 0) is 0 Å². The molecule has 0 aromatic heterocycles. The van der Waals surface area contributed by atoms with Crippen molar-refractivity contribution in [3.05, 3.63) is 10.1 Å². The van der Waals surface area contributed by atoms with Crippen LogP contribution < -0.4 is 0 Å². The molecule has 0 saturated carbocycles. The van der Waals surface area contributed by atoms with Gasteiger partial charge in [0.2, 0.25) is 5.54 Å². The van der Waals surface area contributed by atoms with E-state index in [1.54, 1.807) is 0 Å². The van der Waals surface area contributed by atoms with Gasteiger partial charge in [0, 0.05) is 18.8 Å². The van der Waals surface area contributed by atoms with Crippen LogP contribution in [0.1, 0.15) is 20.3 Å². The maximum atomic E-state index is 10.2. The van der Waals surface area contributed by atoms with Gasteiger partial charge in [0.15, 0.2) is 0 Å². The molecule has 10 heavy (non-hydrogen) atoms. The Balaban J connectivity index is 3.99. The Labute approximate surface area is 58.5 Å². The molecule has 0 saturated heterocycles. The second-order valence-electron chi connectivity index (χ2n) is 2.57. The molecule has 0 amide bonds. The van der Waals surface area contributed by atoms with E-state index in [2.05, 4.69) is 5.16 Å². The van der Waals surface area contributed by atoms with E-state index < -0.39 is 10.5 Å². The molecule has 1 N–H and O–H groups in total. The molecule has 0 atom stereocenters. The van der Waals surface area contributed by atoms with E-state index in [0.29, 0.717) is 0 Å². The summed E-state index contributed by atoms with van der Waals surface area (Å²) in [6.07, 6.45) is 1.25. The number of rotatable bonds is 3. The fourth-order valence-electron chi connectivity index (χ4n) is 0.339. The predicted octanol–water partition coefficient (Wildman–Crippen LogP) is 0.892. The van der Waals surface area contributed by atoms with Crippen molar-refractivity contribution < 1.29 is 10.1 Å². The molecular formula is C5H10N2O3. The van der Waals surface area contributed by atoms with Crippen LogP contribution in [-0.2, 0) is 0 Å². The second kappa shape index (κ2) is 3.14. The second-order valence-corrected chi connectivity index (χ2v) is 2.57. The molecule has 0 rings (SSSR count). The zero-order chi connectivity index (χ0) is 8.20. The molecule has 0 aliphatic heterocycles. The summed E-state index contributed by atoms with van der Waals surface area (Å²) < 4.78 is 0. The van der Waals surface area contributed by atoms with E-state index in [1.807, 2.05) is 0 Å². The fourth-order valence-corrected chi connectivity index (χ4v) is 0.339. The zero-order valence-corrected chi connectivity index (χ0v) is 5.94. The van der Waals surface area contributed by atoms with Crippen LogP contribution in [-0.4, -0.2) is 21.9 Å². The van der Waals surface area contributed by atoms with Crippen molar-refractivity contribution in [1.29, 1.82) is 0 Å². The molecule has 0 radical (unpaired) electrons. The SMILES string of the molecule is CC(C)(C/C=N\O)[N+](=O)[O-]. The molecule has 5 heteroatoms. The van der Waals surface area contributed by atoms with Crippen LogP contribution in [0.15, 0.2) is 5.16 Å². The highest BCUT2D eigenvalue weighted by Gasteiger charge is 2.28. The monoisotopic (exact) mass is 146 g/mol. The van der Waals surface area contributed by atoms with Crippen LogP contribution in [0.25, 0.3) is 0 Å². The largest absolute Gasteiger partial charge is 0.411 e. The Bertz CT molecular complexity index is 153. The maximum absolute atomic E-state index is 10.2. The molecule has 0 aliphatic carbocycles. The summed E-state index contributed by atoms with van der Waals surface area (Å²) in [7, 11) is 0. The van der Waals surface area contributed by atoms with Gasteiger partial charge in [-0.1, -0.05) is 0 Å². The van der Waals surface area contributed by atoms with Gasteiger partial charge in [0.1, 0.15) is 0 Å². The van der Waals surface area contributed by atoms with Crippen molar-refractivity contribution in [3.63, 3.8) is 0 Å². The van der Waals surface area contributed by atoms with Gasteiger partial charge >= 0.3 is 0 Å². The average Bonchev–Trinajstić information content (AvgIpc) is 1.84. The van der Waals surface area contributed by atoms with Crippen molar-refractivity contribution in [1.82, 2.24) is 0 Å². The highest BCUT2D eigenvalue weighted by molar-refractivity contribution is 5.57. The maximum Gasteiger partial charge on any atom is 0.221 e. The first-order chi connectivity index (χ1) is 4.50. The molecule has 0 unspecified atom stereocenters. The minimum Gasteiger partial charge on any atom is -0.411 e. The first-order valence-electron chi connectivity index (χ1n) is 2.81. The van der Waals surface area contributed by atoms with Crippen LogP contribution in [0.3, 0.4) is 0 Å². The van der Waals surface area contributed by atoms with Gasteiger partial charge in [0.05, 0.1) is 12.6 Å². The third-order valence-electron chi connectivity index (χ3n) is 1.17. The summed E-state index contributed by atoms with van der Waals surface area (Å²) in [4.78, 5) is 9.78. The van der Waals surface area contributed by atoms with E-state index in [4.69, 9.17) is 5.21 Å². The Morgan fingerprint density at radius 1 is 1.80 bits per heavy atom. The number of hydrogen-bond donors (Lipinski definition) is 1. The molecule has 0 fully saturated rings. The van der Waals surface area contributed by atoms with E-state index >= 15 is 0 Å². The zero-order valence-electron chi connectivity index (χ0n) is 5.94. The van der Waals surface area contributed by atoms with Crippen LogP contribution in [0.4, 0.5) is 0 Å². The van der Waals surface area contributed by atoms with E-state index in [-0.39, 0.29) is 6.42 Å². The summed E-state index contributed by atoms with van der Waals surface area (Å²) in [5, 5.41) is 20.8. The Hall–Kier alpha value is -1.13. The van der Waals surface area contributed by atoms with Gasteiger partial charge in [0.25, 0.3) is 0 Å². The van der Waals surface area contributed by atoms with Crippen molar-refractivity contribution in [2.24, 2.45) is 5.16 Å². The molecule has 0 spiro atoms. The fraction of sp³-hybridized carbons (Fsp3) is 0.800. The summed E-state index contributed by atoms with van der Waals surface area (Å²) in [5.74, 6) is 0. The van der Waals surface area contributed by atoms with Crippen molar-refractivity contribution >= 4 is 6.21 Å². The quantitative estimate of drug-likeness (QED) is 0.278. The smallest absolute Gasteiger partial charge is 0.221 e. The summed E-state index contributed by atoms with van der Waals surface area (Å²) in [6, 6.07) is 0. The third-order valence-corrected chi connectivity index (χ3v) is 1.17. The highest BCUT2D eigenvalue weighted by atomic mass is 16.6. The predicted molar refractivity (Wildman–Crippen MR) is 36.0 cm³/mol. The molecule has 0 bridgehead atoms. The Morgan fingerprint density at radius 3 is 2.60 bits per heavy atom. The van der Waals surface area contributed by atoms with Crippen molar-refractivity contribution in [2.45, 2.75) is 25.8 Å². The lowest BCUT2D eigenvalue weighted by Gasteiger charge is -2.11. The number of nitrogens with zero attached hydrogens (tertiary/aromatic N) is 2. The Morgan fingerprint density at radius 2 is 2.30 bits per heavy atom. The highest BCUT2D eigenvalue weighted by Crippen LogP contribution is 2.10. The van der Waals surface area contributed by atoms with Gasteiger partial charge in [-0.15, -0.1) is 5.16 Å². The minimum atomic E-state index is -1.04. The van der Waals surface area contributed by atoms with Gasteiger partial charge in [-0.3, -0.25) is 10.1 Å².